The zero-order valence-corrected chi connectivity index (χ0v) is 13.2. The van der Waals surface area contributed by atoms with Crippen LogP contribution in [0.25, 0.3) is 0 Å². The lowest BCUT2D eigenvalue weighted by Crippen LogP contribution is -2.55. The number of hydrogen-bond donors (Lipinski definition) is 2. The molecule has 0 amide bonds. The first-order valence-corrected chi connectivity index (χ1v) is 7.49. The molecule has 3 nitrogen and oxygen atoms in total. The zero-order chi connectivity index (χ0) is 14.6. The average Bonchev–Trinajstić information content (AvgIpc) is 2.28. The summed E-state index contributed by atoms with van der Waals surface area (Å²) in [6, 6.07) is 0.541. The molecule has 3 unspecified atom stereocenters. The summed E-state index contributed by atoms with van der Waals surface area (Å²) in [5, 5.41) is 7.03. The Hall–Kier alpha value is -0.830. The maximum Gasteiger partial charge on any atom is 0.152 e. The number of rotatable bonds is 4. The zero-order valence-electron chi connectivity index (χ0n) is 13.2. The fourth-order valence-corrected chi connectivity index (χ4v) is 3.21. The van der Waals surface area contributed by atoms with Gasteiger partial charge in [-0.25, -0.2) is 0 Å². The monoisotopic (exact) mass is 266 g/mol. The normalized spacial score (nSPS) is 31.2. The summed E-state index contributed by atoms with van der Waals surface area (Å²) in [5.41, 5.74) is 0.907. The molecule has 0 aliphatic carbocycles. The van der Waals surface area contributed by atoms with Crippen molar-refractivity contribution in [3.63, 3.8) is 0 Å². The fraction of sp³-hybridized carbons (Fsp3) is 0.812. The van der Waals surface area contributed by atoms with Crippen molar-refractivity contribution < 1.29 is 4.79 Å². The Balaban J connectivity index is 2.88. The molecule has 0 aromatic heterocycles. The minimum atomic E-state index is -0.131. The Labute approximate surface area is 118 Å². The van der Waals surface area contributed by atoms with Crippen LogP contribution in [-0.4, -0.2) is 23.9 Å². The molecule has 0 aromatic carbocycles. The van der Waals surface area contributed by atoms with E-state index >= 15 is 0 Å². The number of carbonyl (C=O) groups is 1. The van der Waals surface area contributed by atoms with Crippen molar-refractivity contribution in [2.24, 2.45) is 5.41 Å². The van der Waals surface area contributed by atoms with Gasteiger partial charge in [0.15, 0.2) is 5.78 Å². The highest BCUT2D eigenvalue weighted by Crippen LogP contribution is 2.30. The molecule has 0 spiro atoms. The molecule has 110 valence electrons. The second kappa shape index (κ2) is 6.56. The second-order valence-corrected chi connectivity index (χ2v) is 6.67. The highest BCUT2D eigenvalue weighted by atomic mass is 16.1. The number of unbranched alkanes of at least 4 members (excludes halogenated alkanes) is 1. The van der Waals surface area contributed by atoms with Crippen LogP contribution in [0, 0.1) is 5.41 Å². The highest BCUT2D eigenvalue weighted by molar-refractivity contribution is 5.82. The first-order valence-electron chi connectivity index (χ1n) is 7.49. The largest absolute Gasteiger partial charge is 0.377 e. The maximum absolute atomic E-state index is 11.9. The lowest BCUT2D eigenvalue weighted by Gasteiger charge is -2.42. The summed E-state index contributed by atoms with van der Waals surface area (Å²) >= 11 is 0. The van der Waals surface area contributed by atoms with E-state index in [1.54, 1.807) is 6.92 Å². The van der Waals surface area contributed by atoms with Gasteiger partial charge in [-0.15, -0.1) is 0 Å². The lowest BCUT2D eigenvalue weighted by atomic mass is 9.76. The van der Waals surface area contributed by atoms with E-state index in [2.05, 4.69) is 44.9 Å². The number of ketones is 1. The van der Waals surface area contributed by atoms with Gasteiger partial charge in [0.25, 0.3) is 0 Å². The van der Waals surface area contributed by atoms with Gasteiger partial charge in [-0.3, -0.25) is 4.79 Å². The van der Waals surface area contributed by atoms with Gasteiger partial charge >= 0.3 is 0 Å². The van der Waals surface area contributed by atoms with E-state index in [0.29, 0.717) is 6.04 Å². The molecule has 1 aliphatic rings. The molecular weight excluding hydrogens is 236 g/mol. The highest BCUT2D eigenvalue weighted by Gasteiger charge is 2.37. The van der Waals surface area contributed by atoms with Crippen molar-refractivity contribution in [1.82, 2.24) is 10.6 Å². The molecular formula is C16H30N2O. The first-order chi connectivity index (χ1) is 8.77. The SMILES string of the molecule is C=C1NC(C(C)=O)C(C)(C)CC(C)NC1CCCC. The van der Waals surface area contributed by atoms with Crippen LogP contribution in [0.5, 0.6) is 0 Å². The van der Waals surface area contributed by atoms with Crippen molar-refractivity contribution in [3.05, 3.63) is 12.3 Å². The van der Waals surface area contributed by atoms with E-state index in [0.717, 1.165) is 18.5 Å². The van der Waals surface area contributed by atoms with Crippen LogP contribution >= 0.6 is 0 Å². The third-order valence-corrected chi connectivity index (χ3v) is 4.10. The first kappa shape index (κ1) is 16.2. The second-order valence-electron chi connectivity index (χ2n) is 6.67. The van der Waals surface area contributed by atoms with E-state index in [1.807, 2.05) is 0 Å². The fourth-order valence-electron chi connectivity index (χ4n) is 3.21. The molecule has 1 fully saturated rings. The van der Waals surface area contributed by atoms with Crippen molar-refractivity contribution in [2.45, 2.75) is 78.4 Å². The van der Waals surface area contributed by atoms with Gasteiger partial charge in [-0.2, -0.15) is 0 Å². The third kappa shape index (κ3) is 4.34. The van der Waals surface area contributed by atoms with Crippen LogP contribution in [0.15, 0.2) is 12.3 Å². The van der Waals surface area contributed by atoms with Crippen molar-refractivity contribution >= 4 is 5.78 Å². The molecule has 19 heavy (non-hydrogen) atoms. The standard InChI is InChI=1S/C16H30N2O/c1-7-8-9-14-12(3)18-15(13(4)19)16(5,6)10-11(2)17-14/h11,14-15,17-18H,3,7-10H2,1-2,4-6H3. The molecule has 1 heterocycles. The van der Waals surface area contributed by atoms with Gasteiger partial charge in [0.05, 0.1) is 6.04 Å². The third-order valence-electron chi connectivity index (χ3n) is 4.10. The van der Waals surface area contributed by atoms with E-state index in [4.69, 9.17) is 0 Å². The predicted molar refractivity (Wildman–Crippen MR) is 81.1 cm³/mol. The van der Waals surface area contributed by atoms with Crippen LogP contribution in [0.2, 0.25) is 0 Å². The lowest BCUT2D eigenvalue weighted by molar-refractivity contribution is -0.121. The van der Waals surface area contributed by atoms with Crippen molar-refractivity contribution in [2.75, 3.05) is 0 Å². The summed E-state index contributed by atoms with van der Waals surface area (Å²) in [5.74, 6) is 0.203. The summed E-state index contributed by atoms with van der Waals surface area (Å²) in [6.45, 7) is 14.5. The van der Waals surface area contributed by atoms with E-state index in [9.17, 15) is 4.79 Å². The van der Waals surface area contributed by atoms with Crippen LogP contribution in [0.4, 0.5) is 0 Å². The molecule has 3 heteroatoms. The van der Waals surface area contributed by atoms with Crippen LogP contribution in [0.1, 0.15) is 60.3 Å². The number of hydrogen-bond acceptors (Lipinski definition) is 3. The molecule has 1 aliphatic heterocycles. The van der Waals surface area contributed by atoms with Crippen LogP contribution in [-0.2, 0) is 4.79 Å². The molecule has 1 saturated heterocycles. The molecule has 1 rings (SSSR count). The van der Waals surface area contributed by atoms with Gasteiger partial charge in [0, 0.05) is 17.8 Å². The predicted octanol–water partition coefficient (Wildman–Crippen LogP) is 3.01. The smallest absolute Gasteiger partial charge is 0.152 e. The van der Waals surface area contributed by atoms with Crippen LogP contribution < -0.4 is 10.6 Å². The van der Waals surface area contributed by atoms with Gasteiger partial charge in [-0.05, 0) is 32.1 Å². The Morgan fingerprint density at radius 2 is 2.11 bits per heavy atom. The van der Waals surface area contributed by atoms with E-state index in [-0.39, 0.29) is 23.3 Å². The maximum atomic E-state index is 11.9. The van der Waals surface area contributed by atoms with Crippen molar-refractivity contribution in [3.8, 4) is 0 Å². The van der Waals surface area contributed by atoms with Crippen molar-refractivity contribution in [1.29, 1.82) is 0 Å². The van der Waals surface area contributed by atoms with Gasteiger partial charge in [0.2, 0.25) is 0 Å². The molecule has 2 N–H and O–H groups in total. The summed E-state index contributed by atoms with van der Waals surface area (Å²) in [4.78, 5) is 11.9. The Bertz CT molecular complexity index is 336. The quantitative estimate of drug-likeness (QED) is 0.822. The van der Waals surface area contributed by atoms with Gasteiger partial charge in [-0.1, -0.05) is 40.2 Å². The number of Topliss-reactive ketones (excluding diaryl/α,β-unsaturated/α-hetero) is 1. The van der Waals surface area contributed by atoms with Gasteiger partial charge < -0.3 is 10.6 Å². The van der Waals surface area contributed by atoms with Crippen LogP contribution in [0.3, 0.4) is 0 Å². The molecule has 0 aromatic rings. The number of carbonyl (C=O) groups excluding carboxylic acids is 1. The molecule has 0 saturated carbocycles. The molecule has 3 atom stereocenters. The van der Waals surface area contributed by atoms with E-state index in [1.165, 1.54) is 12.8 Å². The Kier molecular flexibility index (Phi) is 5.60. The van der Waals surface area contributed by atoms with Gasteiger partial charge in [0.1, 0.15) is 0 Å². The summed E-state index contributed by atoms with van der Waals surface area (Å²) < 4.78 is 0. The minimum absolute atomic E-state index is 0.0586. The molecule has 0 bridgehead atoms. The average molecular weight is 266 g/mol. The molecule has 0 radical (unpaired) electrons. The summed E-state index contributed by atoms with van der Waals surface area (Å²) in [6.07, 6.45) is 4.43. The number of nitrogens with one attached hydrogen (secondary N) is 2. The Morgan fingerprint density at radius 1 is 1.47 bits per heavy atom. The minimum Gasteiger partial charge on any atom is -0.377 e. The Morgan fingerprint density at radius 3 is 2.63 bits per heavy atom. The van der Waals surface area contributed by atoms with E-state index < -0.39 is 0 Å². The summed E-state index contributed by atoms with van der Waals surface area (Å²) in [7, 11) is 0. The topological polar surface area (TPSA) is 41.1 Å².